The number of hydrogen-bond acceptors (Lipinski definition) is 5. The summed E-state index contributed by atoms with van der Waals surface area (Å²) in [5.74, 6) is 2.49. The van der Waals surface area contributed by atoms with Crippen LogP contribution in [0.4, 0.5) is 0 Å². The Hall–Kier alpha value is -2.84. The van der Waals surface area contributed by atoms with Gasteiger partial charge in [0.25, 0.3) is 0 Å². The number of aromatic nitrogens is 1. The van der Waals surface area contributed by atoms with Gasteiger partial charge in [0.15, 0.2) is 0 Å². The number of likely N-dealkylation sites (tertiary alicyclic amines) is 1. The van der Waals surface area contributed by atoms with Crippen molar-refractivity contribution in [1.82, 2.24) is 10.1 Å². The quantitative estimate of drug-likeness (QED) is 0.675. The van der Waals surface area contributed by atoms with Crippen molar-refractivity contribution in [3.05, 3.63) is 65.2 Å². The van der Waals surface area contributed by atoms with Gasteiger partial charge >= 0.3 is 0 Å². The van der Waals surface area contributed by atoms with E-state index in [0.717, 1.165) is 48.0 Å². The van der Waals surface area contributed by atoms with Gasteiger partial charge in [-0.1, -0.05) is 23.7 Å². The molecule has 5 nitrogen and oxygen atoms in total. The Morgan fingerprint density at radius 1 is 1.23 bits per heavy atom. The molecule has 2 aromatic heterocycles. The van der Waals surface area contributed by atoms with E-state index in [1.54, 1.807) is 0 Å². The first-order valence-corrected chi connectivity index (χ1v) is 9.00. The van der Waals surface area contributed by atoms with E-state index in [1.165, 1.54) is 12.8 Å². The molecule has 4 rings (SSSR count). The summed E-state index contributed by atoms with van der Waals surface area (Å²) in [6.07, 6.45) is 3.46. The summed E-state index contributed by atoms with van der Waals surface area (Å²) in [4.78, 5) is 2.40. The lowest BCUT2D eigenvalue weighted by atomic mass is 9.99. The fourth-order valence-electron chi connectivity index (χ4n) is 3.66. The standard InChI is InChI=1S/C21H21N3O2/c1-15-12-19(23-26-15)20-8-4-5-11-24(20)14-17-9-10-21(25-17)18-7-3-2-6-16(18)13-22/h2-3,6-7,9-10,12,20H,4-5,8,11,14H2,1H3/t20-/m1/s1. The Morgan fingerprint density at radius 2 is 2.12 bits per heavy atom. The van der Waals surface area contributed by atoms with Gasteiger partial charge in [-0.05, 0) is 50.6 Å². The van der Waals surface area contributed by atoms with Crippen molar-refractivity contribution in [1.29, 1.82) is 5.26 Å². The third kappa shape index (κ3) is 3.29. The van der Waals surface area contributed by atoms with E-state index >= 15 is 0 Å². The van der Waals surface area contributed by atoms with Gasteiger partial charge in [0.2, 0.25) is 0 Å². The largest absolute Gasteiger partial charge is 0.460 e. The third-order valence-corrected chi connectivity index (χ3v) is 4.93. The summed E-state index contributed by atoms with van der Waals surface area (Å²) in [7, 11) is 0. The maximum absolute atomic E-state index is 9.29. The first-order valence-electron chi connectivity index (χ1n) is 9.00. The fraction of sp³-hybridized carbons (Fsp3) is 0.333. The van der Waals surface area contributed by atoms with Crippen LogP contribution in [0.5, 0.6) is 0 Å². The predicted molar refractivity (Wildman–Crippen MR) is 97.1 cm³/mol. The molecule has 132 valence electrons. The highest BCUT2D eigenvalue weighted by Gasteiger charge is 2.27. The third-order valence-electron chi connectivity index (χ3n) is 4.93. The molecule has 5 heteroatoms. The van der Waals surface area contributed by atoms with Crippen LogP contribution in [0.2, 0.25) is 0 Å². The number of furan rings is 1. The van der Waals surface area contributed by atoms with Crippen molar-refractivity contribution in [2.45, 2.75) is 38.8 Å². The molecule has 1 aliphatic rings. The zero-order valence-corrected chi connectivity index (χ0v) is 14.8. The normalized spacial score (nSPS) is 17.9. The highest BCUT2D eigenvalue weighted by molar-refractivity contribution is 5.66. The van der Waals surface area contributed by atoms with Gasteiger partial charge in [-0.3, -0.25) is 4.90 Å². The molecule has 0 radical (unpaired) electrons. The van der Waals surface area contributed by atoms with Crippen LogP contribution in [0.25, 0.3) is 11.3 Å². The van der Waals surface area contributed by atoms with Crippen LogP contribution in [0, 0.1) is 18.3 Å². The van der Waals surface area contributed by atoms with E-state index in [1.807, 2.05) is 49.4 Å². The number of rotatable bonds is 4. The molecule has 3 heterocycles. The van der Waals surface area contributed by atoms with Crippen LogP contribution < -0.4 is 0 Å². The molecular formula is C21H21N3O2. The zero-order chi connectivity index (χ0) is 17.9. The highest BCUT2D eigenvalue weighted by atomic mass is 16.5. The molecule has 26 heavy (non-hydrogen) atoms. The van der Waals surface area contributed by atoms with Crippen LogP contribution in [-0.2, 0) is 6.54 Å². The average molecular weight is 347 g/mol. The van der Waals surface area contributed by atoms with Crippen molar-refractivity contribution in [2.75, 3.05) is 6.54 Å². The Morgan fingerprint density at radius 3 is 2.92 bits per heavy atom. The summed E-state index contributed by atoms with van der Waals surface area (Å²) in [5.41, 5.74) is 2.47. The van der Waals surface area contributed by atoms with Gasteiger partial charge in [-0.15, -0.1) is 0 Å². The minimum absolute atomic E-state index is 0.265. The molecule has 1 aromatic carbocycles. The van der Waals surface area contributed by atoms with Crippen molar-refractivity contribution >= 4 is 0 Å². The number of benzene rings is 1. The minimum Gasteiger partial charge on any atom is -0.460 e. The molecule has 1 atom stereocenters. The van der Waals surface area contributed by atoms with E-state index in [9.17, 15) is 5.26 Å². The molecule has 0 spiro atoms. The van der Waals surface area contributed by atoms with Crippen LogP contribution in [0.3, 0.4) is 0 Å². The van der Waals surface area contributed by atoms with Crippen molar-refractivity contribution < 1.29 is 8.94 Å². The van der Waals surface area contributed by atoms with Gasteiger partial charge < -0.3 is 8.94 Å². The Balaban J connectivity index is 1.55. The molecule has 0 bridgehead atoms. The maximum atomic E-state index is 9.29. The maximum Gasteiger partial charge on any atom is 0.135 e. The van der Waals surface area contributed by atoms with Gasteiger partial charge in [0.05, 0.1) is 24.2 Å². The number of hydrogen-bond donors (Lipinski definition) is 0. The summed E-state index contributed by atoms with van der Waals surface area (Å²) < 4.78 is 11.3. The second-order valence-corrected chi connectivity index (χ2v) is 6.77. The van der Waals surface area contributed by atoms with Crippen LogP contribution in [0.1, 0.15) is 48.1 Å². The molecule has 1 saturated heterocycles. The van der Waals surface area contributed by atoms with Crippen LogP contribution >= 0.6 is 0 Å². The fourth-order valence-corrected chi connectivity index (χ4v) is 3.66. The Kier molecular flexibility index (Phi) is 4.59. The monoisotopic (exact) mass is 347 g/mol. The molecule has 0 unspecified atom stereocenters. The molecule has 0 amide bonds. The predicted octanol–water partition coefficient (Wildman–Crippen LogP) is 4.84. The van der Waals surface area contributed by atoms with E-state index in [-0.39, 0.29) is 6.04 Å². The lowest BCUT2D eigenvalue weighted by Gasteiger charge is -2.33. The minimum atomic E-state index is 0.265. The summed E-state index contributed by atoms with van der Waals surface area (Å²) in [6, 6.07) is 16.0. The van der Waals surface area contributed by atoms with Gasteiger partial charge in [0, 0.05) is 11.6 Å². The van der Waals surface area contributed by atoms with E-state index < -0.39 is 0 Å². The molecule has 1 fully saturated rings. The molecule has 0 saturated carbocycles. The van der Waals surface area contributed by atoms with E-state index in [2.05, 4.69) is 16.1 Å². The van der Waals surface area contributed by atoms with Gasteiger partial charge in [-0.2, -0.15) is 5.26 Å². The molecule has 0 aliphatic carbocycles. The van der Waals surface area contributed by atoms with E-state index in [0.29, 0.717) is 5.56 Å². The SMILES string of the molecule is Cc1cc([C@H]2CCCCN2Cc2ccc(-c3ccccc3C#N)o2)no1. The van der Waals surface area contributed by atoms with Gasteiger partial charge in [-0.25, -0.2) is 0 Å². The lowest BCUT2D eigenvalue weighted by molar-refractivity contribution is 0.124. The number of nitriles is 1. The summed E-state index contributed by atoms with van der Waals surface area (Å²) in [6.45, 7) is 3.67. The highest BCUT2D eigenvalue weighted by Crippen LogP contribution is 2.33. The smallest absolute Gasteiger partial charge is 0.135 e. The molecular weight excluding hydrogens is 326 g/mol. The molecule has 1 aliphatic heterocycles. The number of nitrogens with zero attached hydrogens (tertiary/aromatic N) is 3. The second-order valence-electron chi connectivity index (χ2n) is 6.77. The summed E-state index contributed by atoms with van der Waals surface area (Å²) in [5, 5.41) is 13.5. The Labute approximate surface area is 152 Å². The van der Waals surface area contributed by atoms with Gasteiger partial charge in [0.1, 0.15) is 23.0 Å². The van der Waals surface area contributed by atoms with Crippen molar-refractivity contribution in [3.8, 4) is 17.4 Å². The molecule has 0 N–H and O–H groups in total. The molecule has 3 aromatic rings. The van der Waals surface area contributed by atoms with Crippen LogP contribution in [0.15, 0.2) is 51.4 Å². The zero-order valence-electron chi connectivity index (χ0n) is 14.8. The topological polar surface area (TPSA) is 66.2 Å². The first-order chi connectivity index (χ1) is 12.7. The van der Waals surface area contributed by atoms with E-state index in [4.69, 9.17) is 8.94 Å². The first kappa shape index (κ1) is 16.6. The second kappa shape index (κ2) is 7.19. The number of piperidine rings is 1. The summed E-state index contributed by atoms with van der Waals surface area (Å²) >= 11 is 0. The Bertz CT molecular complexity index is 935. The number of aryl methyl sites for hydroxylation is 1. The van der Waals surface area contributed by atoms with Crippen molar-refractivity contribution in [3.63, 3.8) is 0 Å². The van der Waals surface area contributed by atoms with Crippen LogP contribution in [-0.4, -0.2) is 16.6 Å². The lowest BCUT2D eigenvalue weighted by Crippen LogP contribution is -2.33. The van der Waals surface area contributed by atoms with Crippen molar-refractivity contribution in [2.24, 2.45) is 0 Å². The average Bonchev–Trinajstić information content (AvgIpc) is 3.31.